The van der Waals surface area contributed by atoms with Crippen LogP contribution in [0.25, 0.3) is 10.8 Å². The lowest BCUT2D eigenvalue weighted by Crippen LogP contribution is -2.53. The Morgan fingerprint density at radius 1 is 1.14 bits per heavy atom. The van der Waals surface area contributed by atoms with Gasteiger partial charge in [0, 0.05) is 39.2 Å². The van der Waals surface area contributed by atoms with Crippen LogP contribution >= 0.6 is 0 Å². The molecule has 2 aromatic rings. The van der Waals surface area contributed by atoms with Gasteiger partial charge in [0.25, 0.3) is 0 Å². The highest BCUT2D eigenvalue weighted by molar-refractivity contribution is 5.85. The first kappa shape index (κ1) is 14.5. The predicted molar refractivity (Wildman–Crippen MR) is 85.4 cm³/mol. The molecule has 0 radical (unpaired) electrons. The molecule has 1 unspecified atom stereocenters. The molecule has 0 spiro atoms. The number of rotatable bonds is 4. The molecule has 3 rings (SSSR count). The van der Waals surface area contributed by atoms with E-state index in [2.05, 4.69) is 42.5 Å². The molecule has 3 heteroatoms. The Morgan fingerprint density at radius 3 is 2.62 bits per heavy atom. The van der Waals surface area contributed by atoms with Gasteiger partial charge in [-0.3, -0.25) is 0 Å². The Labute approximate surface area is 126 Å². The normalized spacial score (nSPS) is 19.5. The fraction of sp³-hybridized carbons (Fsp3) is 0.444. The van der Waals surface area contributed by atoms with Gasteiger partial charge in [0.15, 0.2) is 0 Å². The molecule has 1 aliphatic heterocycles. The van der Waals surface area contributed by atoms with Crippen LogP contribution in [0.2, 0.25) is 0 Å². The summed E-state index contributed by atoms with van der Waals surface area (Å²) >= 11 is 0. The second kappa shape index (κ2) is 6.14. The van der Waals surface area contributed by atoms with Crippen LogP contribution in [0.5, 0.6) is 0 Å². The number of hydrogen-bond acceptors (Lipinski definition) is 3. The van der Waals surface area contributed by atoms with E-state index in [1.54, 1.807) is 7.11 Å². The Morgan fingerprint density at radius 2 is 1.86 bits per heavy atom. The number of benzene rings is 2. The smallest absolute Gasteiger partial charge is 0.0875 e. The third-order valence-corrected chi connectivity index (χ3v) is 4.74. The highest BCUT2D eigenvalue weighted by atomic mass is 16.5. The SMILES string of the molecule is COC1(C(N)Cc2cccc3ccccc23)CCOCC1. The molecule has 1 atom stereocenters. The van der Waals surface area contributed by atoms with E-state index in [0.717, 1.165) is 32.5 Å². The van der Waals surface area contributed by atoms with Gasteiger partial charge in [-0.25, -0.2) is 0 Å². The quantitative estimate of drug-likeness (QED) is 0.939. The zero-order chi connectivity index (χ0) is 14.7. The minimum Gasteiger partial charge on any atom is -0.381 e. The summed E-state index contributed by atoms with van der Waals surface area (Å²) in [6, 6.07) is 14.9. The molecular formula is C18H23NO2. The highest BCUT2D eigenvalue weighted by Crippen LogP contribution is 2.30. The standard InChI is InChI=1S/C18H23NO2/c1-20-18(9-11-21-12-10-18)17(19)13-15-7-4-6-14-5-2-3-8-16(14)15/h2-8,17H,9-13,19H2,1H3. The monoisotopic (exact) mass is 285 g/mol. The Kier molecular flexibility index (Phi) is 4.24. The maximum Gasteiger partial charge on any atom is 0.0875 e. The van der Waals surface area contributed by atoms with Crippen LogP contribution in [-0.4, -0.2) is 32.0 Å². The third kappa shape index (κ3) is 2.82. The molecule has 0 amide bonds. The molecule has 0 saturated carbocycles. The number of ether oxygens (including phenoxy) is 2. The maximum absolute atomic E-state index is 6.54. The number of hydrogen-bond donors (Lipinski definition) is 1. The second-order valence-electron chi connectivity index (χ2n) is 5.83. The molecule has 2 N–H and O–H groups in total. The van der Waals surface area contributed by atoms with Crippen LogP contribution in [0, 0.1) is 0 Å². The van der Waals surface area contributed by atoms with Crippen molar-refractivity contribution < 1.29 is 9.47 Å². The van der Waals surface area contributed by atoms with Gasteiger partial charge in [-0.1, -0.05) is 42.5 Å². The summed E-state index contributed by atoms with van der Waals surface area (Å²) in [5, 5.41) is 2.55. The van der Waals surface area contributed by atoms with Gasteiger partial charge in [-0.2, -0.15) is 0 Å². The lowest BCUT2D eigenvalue weighted by molar-refractivity contribution is -0.103. The van der Waals surface area contributed by atoms with Gasteiger partial charge in [-0.15, -0.1) is 0 Å². The Bertz CT molecular complexity index is 600. The van der Waals surface area contributed by atoms with Crippen LogP contribution < -0.4 is 5.73 Å². The van der Waals surface area contributed by atoms with E-state index in [9.17, 15) is 0 Å². The van der Waals surface area contributed by atoms with Gasteiger partial charge in [0.2, 0.25) is 0 Å². The van der Waals surface area contributed by atoms with E-state index in [-0.39, 0.29) is 11.6 Å². The van der Waals surface area contributed by atoms with Crippen molar-refractivity contribution in [2.24, 2.45) is 5.73 Å². The van der Waals surface area contributed by atoms with Crippen LogP contribution in [0.1, 0.15) is 18.4 Å². The topological polar surface area (TPSA) is 44.5 Å². The van der Waals surface area contributed by atoms with Crippen LogP contribution in [0.4, 0.5) is 0 Å². The number of fused-ring (bicyclic) bond motifs is 1. The molecule has 3 nitrogen and oxygen atoms in total. The van der Waals surface area contributed by atoms with E-state index in [1.807, 2.05) is 0 Å². The van der Waals surface area contributed by atoms with E-state index >= 15 is 0 Å². The predicted octanol–water partition coefficient (Wildman–Crippen LogP) is 2.91. The summed E-state index contributed by atoms with van der Waals surface area (Å²) in [4.78, 5) is 0. The molecule has 21 heavy (non-hydrogen) atoms. The maximum atomic E-state index is 6.54. The Hall–Kier alpha value is -1.42. The zero-order valence-electron chi connectivity index (χ0n) is 12.5. The summed E-state index contributed by atoms with van der Waals surface area (Å²) in [5.41, 5.74) is 7.58. The lowest BCUT2D eigenvalue weighted by atomic mass is 9.82. The fourth-order valence-corrected chi connectivity index (χ4v) is 3.34. The van der Waals surface area contributed by atoms with Crippen molar-refractivity contribution >= 4 is 10.8 Å². The van der Waals surface area contributed by atoms with Gasteiger partial charge in [-0.05, 0) is 22.8 Å². The molecule has 0 aliphatic carbocycles. The van der Waals surface area contributed by atoms with Crippen LogP contribution in [-0.2, 0) is 15.9 Å². The van der Waals surface area contributed by atoms with Crippen LogP contribution in [0.3, 0.4) is 0 Å². The largest absolute Gasteiger partial charge is 0.381 e. The van der Waals surface area contributed by atoms with E-state index in [0.29, 0.717) is 0 Å². The summed E-state index contributed by atoms with van der Waals surface area (Å²) in [7, 11) is 1.77. The number of methoxy groups -OCH3 is 1. The molecule has 1 saturated heterocycles. The molecule has 2 aromatic carbocycles. The summed E-state index contributed by atoms with van der Waals surface area (Å²) in [6.45, 7) is 1.47. The van der Waals surface area contributed by atoms with E-state index in [4.69, 9.17) is 15.2 Å². The van der Waals surface area contributed by atoms with E-state index in [1.165, 1.54) is 16.3 Å². The van der Waals surface area contributed by atoms with Crippen molar-refractivity contribution in [3.8, 4) is 0 Å². The summed E-state index contributed by atoms with van der Waals surface area (Å²) in [6.07, 6.45) is 2.57. The van der Waals surface area contributed by atoms with Crippen molar-refractivity contribution in [2.45, 2.75) is 30.9 Å². The average molecular weight is 285 g/mol. The molecular weight excluding hydrogens is 262 g/mol. The minimum atomic E-state index is -0.255. The summed E-state index contributed by atoms with van der Waals surface area (Å²) in [5.74, 6) is 0. The first-order valence-corrected chi connectivity index (χ1v) is 7.60. The molecule has 1 fully saturated rings. The zero-order valence-corrected chi connectivity index (χ0v) is 12.5. The van der Waals surface area contributed by atoms with Gasteiger partial charge in [0.05, 0.1) is 5.60 Å². The fourth-order valence-electron chi connectivity index (χ4n) is 3.34. The molecule has 1 heterocycles. The molecule has 0 bridgehead atoms. The van der Waals surface area contributed by atoms with Crippen molar-refractivity contribution in [1.82, 2.24) is 0 Å². The first-order chi connectivity index (χ1) is 10.2. The Balaban J connectivity index is 1.87. The second-order valence-corrected chi connectivity index (χ2v) is 5.83. The third-order valence-electron chi connectivity index (χ3n) is 4.74. The minimum absolute atomic E-state index is 0.0165. The van der Waals surface area contributed by atoms with Gasteiger partial charge >= 0.3 is 0 Å². The van der Waals surface area contributed by atoms with E-state index < -0.39 is 0 Å². The lowest BCUT2D eigenvalue weighted by Gasteiger charge is -2.40. The number of nitrogens with two attached hydrogens (primary N) is 1. The van der Waals surface area contributed by atoms with Crippen molar-refractivity contribution in [3.05, 3.63) is 48.0 Å². The molecule has 112 valence electrons. The molecule has 1 aliphatic rings. The molecule has 0 aromatic heterocycles. The van der Waals surface area contributed by atoms with Gasteiger partial charge in [0.1, 0.15) is 0 Å². The van der Waals surface area contributed by atoms with Crippen molar-refractivity contribution in [3.63, 3.8) is 0 Å². The highest BCUT2D eigenvalue weighted by Gasteiger charge is 2.38. The van der Waals surface area contributed by atoms with Crippen molar-refractivity contribution in [2.75, 3.05) is 20.3 Å². The average Bonchev–Trinajstić information content (AvgIpc) is 2.56. The van der Waals surface area contributed by atoms with Crippen LogP contribution in [0.15, 0.2) is 42.5 Å². The summed E-state index contributed by atoms with van der Waals surface area (Å²) < 4.78 is 11.3. The van der Waals surface area contributed by atoms with Crippen molar-refractivity contribution in [1.29, 1.82) is 0 Å². The van der Waals surface area contributed by atoms with Gasteiger partial charge < -0.3 is 15.2 Å². The first-order valence-electron chi connectivity index (χ1n) is 7.60.